The number of hydrazone groups is 1. The molecule has 154 valence electrons. The Labute approximate surface area is 181 Å². The number of carbonyl (C=O) groups excluding carboxylic acids is 1. The van der Waals surface area contributed by atoms with Crippen LogP contribution in [0.3, 0.4) is 0 Å². The van der Waals surface area contributed by atoms with E-state index >= 15 is 0 Å². The Kier molecular flexibility index (Phi) is 6.53. The van der Waals surface area contributed by atoms with Gasteiger partial charge in [-0.15, -0.1) is 0 Å². The van der Waals surface area contributed by atoms with E-state index in [9.17, 15) is 9.59 Å². The lowest BCUT2D eigenvalue weighted by Gasteiger charge is -2.18. The Morgan fingerprint density at radius 1 is 1.07 bits per heavy atom. The Hall–Kier alpha value is -3.18. The van der Waals surface area contributed by atoms with Gasteiger partial charge >= 0.3 is 0 Å². The first kappa shape index (κ1) is 21.5. The Balaban J connectivity index is 1.69. The zero-order valence-corrected chi connectivity index (χ0v) is 18.0. The summed E-state index contributed by atoms with van der Waals surface area (Å²) in [5.41, 5.74) is 5.15. The minimum Gasteiger partial charge on any atom is -0.310 e. The molecule has 5 nitrogen and oxygen atoms in total. The third-order valence-electron chi connectivity index (χ3n) is 4.69. The molecular formula is C24H24ClN3O2. The van der Waals surface area contributed by atoms with Crippen molar-refractivity contribution in [2.24, 2.45) is 5.10 Å². The standard InChI is InChI=1S/C24H24ClN3O2/c1-24(2,3)19-10-6-17(7-11-19)15-26-27-22(29)21-5-4-14-28(23(21)30)16-18-8-12-20(25)13-9-18/h4-15H,16H2,1-3H3,(H,27,29)/b26-15-. The first-order valence-corrected chi connectivity index (χ1v) is 10.00. The molecule has 2 aromatic carbocycles. The number of halogens is 1. The lowest BCUT2D eigenvalue weighted by atomic mass is 9.87. The summed E-state index contributed by atoms with van der Waals surface area (Å²) in [7, 11) is 0. The van der Waals surface area contributed by atoms with E-state index in [0.29, 0.717) is 11.6 Å². The van der Waals surface area contributed by atoms with Gasteiger partial charge in [0, 0.05) is 11.2 Å². The average molecular weight is 422 g/mol. The van der Waals surface area contributed by atoms with Crippen molar-refractivity contribution in [1.82, 2.24) is 9.99 Å². The van der Waals surface area contributed by atoms with E-state index in [2.05, 4.69) is 31.3 Å². The second-order valence-corrected chi connectivity index (χ2v) is 8.49. The van der Waals surface area contributed by atoms with Gasteiger partial charge in [-0.2, -0.15) is 5.10 Å². The number of aromatic nitrogens is 1. The van der Waals surface area contributed by atoms with Gasteiger partial charge in [-0.05, 0) is 46.4 Å². The largest absolute Gasteiger partial charge is 0.310 e. The average Bonchev–Trinajstić information content (AvgIpc) is 2.71. The summed E-state index contributed by atoms with van der Waals surface area (Å²) < 4.78 is 1.48. The van der Waals surface area contributed by atoms with Crippen molar-refractivity contribution in [3.63, 3.8) is 0 Å². The minimum absolute atomic E-state index is 0.0340. The maximum absolute atomic E-state index is 12.7. The van der Waals surface area contributed by atoms with Crippen molar-refractivity contribution in [3.8, 4) is 0 Å². The van der Waals surface area contributed by atoms with Gasteiger partial charge in [0.15, 0.2) is 0 Å². The molecule has 0 unspecified atom stereocenters. The summed E-state index contributed by atoms with van der Waals surface area (Å²) in [4.78, 5) is 25.1. The molecule has 0 spiro atoms. The van der Waals surface area contributed by atoms with Crippen LogP contribution in [0.2, 0.25) is 5.02 Å². The lowest BCUT2D eigenvalue weighted by molar-refractivity contribution is 0.0953. The van der Waals surface area contributed by atoms with Gasteiger partial charge in [0.1, 0.15) is 5.56 Å². The monoisotopic (exact) mass is 421 g/mol. The molecule has 0 aliphatic heterocycles. The quantitative estimate of drug-likeness (QED) is 0.483. The molecule has 1 heterocycles. The number of rotatable bonds is 5. The molecule has 1 amide bonds. The van der Waals surface area contributed by atoms with Gasteiger partial charge in [-0.3, -0.25) is 9.59 Å². The molecular weight excluding hydrogens is 398 g/mol. The van der Waals surface area contributed by atoms with Gasteiger partial charge < -0.3 is 4.57 Å². The Morgan fingerprint density at radius 2 is 1.73 bits per heavy atom. The number of hydrogen-bond acceptors (Lipinski definition) is 3. The molecule has 3 aromatic rings. The predicted octanol–water partition coefficient (Wildman–Crippen LogP) is 4.61. The van der Waals surface area contributed by atoms with E-state index in [0.717, 1.165) is 11.1 Å². The normalized spacial score (nSPS) is 11.6. The summed E-state index contributed by atoms with van der Waals surface area (Å²) in [6.07, 6.45) is 3.20. The zero-order chi connectivity index (χ0) is 21.7. The second kappa shape index (κ2) is 9.09. The van der Waals surface area contributed by atoms with E-state index in [1.807, 2.05) is 36.4 Å². The summed E-state index contributed by atoms with van der Waals surface area (Å²) >= 11 is 5.90. The highest BCUT2D eigenvalue weighted by Gasteiger charge is 2.13. The fourth-order valence-corrected chi connectivity index (χ4v) is 3.04. The lowest BCUT2D eigenvalue weighted by Crippen LogP contribution is -2.30. The molecule has 0 aliphatic carbocycles. The van der Waals surface area contributed by atoms with Gasteiger partial charge in [0.05, 0.1) is 12.8 Å². The van der Waals surface area contributed by atoms with Crippen molar-refractivity contribution in [3.05, 3.63) is 104 Å². The first-order chi connectivity index (χ1) is 14.2. The van der Waals surface area contributed by atoms with Crippen LogP contribution >= 0.6 is 11.6 Å². The van der Waals surface area contributed by atoms with Gasteiger partial charge in [-0.1, -0.05) is 68.8 Å². The molecule has 0 atom stereocenters. The third kappa shape index (κ3) is 5.45. The van der Waals surface area contributed by atoms with Crippen LogP contribution in [-0.4, -0.2) is 16.7 Å². The number of benzene rings is 2. The highest BCUT2D eigenvalue weighted by molar-refractivity contribution is 6.30. The maximum Gasteiger partial charge on any atom is 0.276 e. The van der Waals surface area contributed by atoms with Crippen molar-refractivity contribution >= 4 is 23.7 Å². The minimum atomic E-state index is -0.548. The van der Waals surface area contributed by atoms with Gasteiger partial charge in [0.2, 0.25) is 0 Å². The molecule has 0 radical (unpaired) electrons. The SMILES string of the molecule is CC(C)(C)c1ccc(/C=N\NC(=O)c2cccn(Cc3ccc(Cl)cc3)c2=O)cc1. The van der Waals surface area contributed by atoms with Crippen molar-refractivity contribution in [1.29, 1.82) is 0 Å². The van der Waals surface area contributed by atoms with E-state index in [1.165, 1.54) is 16.2 Å². The van der Waals surface area contributed by atoms with Crippen LogP contribution in [0, 0.1) is 0 Å². The van der Waals surface area contributed by atoms with Crippen LogP contribution in [0.25, 0.3) is 0 Å². The van der Waals surface area contributed by atoms with Crippen LogP contribution in [0.15, 0.2) is 76.8 Å². The molecule has 0 aliphatic rings. The van der Waals surface area contributed by atoms with Gasteiger partial charge in [-0.25, -0.2) is 5.43 Å². The zero-order valence-electron chi connectivity index (χ0n) is 17.2. The molecule has 6 heteroatoms. The summed E-state index contributed by atoms with van der Waals surface area (Å²) in [6, 6.07) is 18.3. The molecule has 3 rings (SSSR count). The number of pyridine rings is 1. The first-order valence-electron chi connectivity index (χ1n) is 9.62. The Bertz CT molecular complexity index is 1110. The van der Waals surface area contributed by atoms with Gasteiger partial charge in [0.25, 0.3) is 11.5 Å². The summed E-state index contributed by atoms with van der Waals surface area (Å²) in [5, 5.41) is 4.62. The summed E-state index contributed by atoms with van der Waals surface area (Å²) in [5.74, 6) is -0.548. The number of hydrogen-bond donors (Lipinski definition) is 1. The van der Waals surface area contributed by atoms with Crippen molar-refractivity contribution < 1.29 is 4.79 Å². The predicted molar refractivity (Wildman–Crippen MR) is 121 cm³/mol. The number of nitrogens with zero attached hydrogens (tertiary/aromatic N) is 2. The van der Waals surface area contributed by atoms with E-state index in [-0.39, 0.29) is 16.5 Å². The number of amides is 1. The molecule has 0 fully saturated rings. The smallest absolute Gasteiger partial charge is 0.276 e. The third-order valence-corrected chi connectivity index (χ3v) is 4.94. The Morgan fingerprint density at radius 3 is 2.37 bits per heavy atom. The fraction of sp³-hybridized carbons (Fsp3) is 0.208. The van der Waals surface area contributed by atoms with E-state index in [4.69, 9.17) is 11.6 Å². The van der Waals surface area contributed by atoms with Crippen molar-refractivity contribution in [2.75, 3.05) is 0 Å². The molecule has 0 saturated heterocycles. The highest BCUT2D eigenvalue weighted by atomic mass is 35.5. The van der Waals surface area contributed by atoms with Crippen molar-refractivity contribution in [2.45, 2.75) is 32.7 Å². The molecule has 1 N–H and O–H groups in total. The van der Waals surface area contributed by atoms with Crippen LogP contribution in [-0.2, 0) is 12.0 Å². The van der Waals surface area contributed by atoms with E-state index in [1.54, 1.807) is 30.6 Å². The maximum atomic E-state index is 12.7. The second-order valence-electron chi connectivity index (χ2n) is 8.05. The molecule has 1 aromatic heterocycles. The van der Waals surface area contributed by atoms with Crippen LogP contribution in [0.5, 0.6) is 0 Å². The van der Waals surface area contributed by atoms with Crippen LogP contribution in [0.4, 0.5) is 0 Å². The topological polar surface area (TPSA) is 63.5 Å². The molecule has 0 bridgehead atoms. The van der Waals surface area contributed by atoms with Crippen LogP contribution in [0.1, 0.15) is 47.8 Å². The number of carbonyl (C=O) groups is 1. The molecule has 0 saturated carbocycles. The summed E-state index contributed by atoms with van der Waals surface area (Å²) in [6.45, 7) is 6.79. The molecule has 30 heavy (non-hydrogen) atoms. The fourth-order valence-electron chi connectivity index (χ4n) is 2.92. The van der Waals surface area contributed by atoms with E-state index < -0.39 is 5.91 Å². The number of nitrogens with one attached hydrogen (secondary N) is 1. The highest BCUT2D eigenvalue weighted by Crippen LogP contribution is 2.21. The van der Waals surface area contributed by atoms with Crippen LogP contribution < -0.4 is 11.0 Å².